The van der Waals surface area contributed by atoms with Crippen LogP contribution in [0.15, 0.2) is 0 Å². The van der Waals surface area contributed by atoms with Crippen LogP contribution in [0.4, 0.5) is 0 Å². The van der Waals surface area contributed by atoms with E-state index in [0.29, 0.717) is 6.42 Å². The second-order valence-electron chi connectivity index (χ2n) is 4.00. The summed E-state index contributed by atoms with van der Waals surface area (Å²) < 4.78 is 0. The van der Waals surface area contributed by atoms with E-state index in [2.05, 4.69) is 17.1 Å². The minimum atomic E-state index is 0.206. The zero-order valence-electron chi connectivity index (χ0n) is 9.22. The van der Waals surface area contributed by atoms with Crippen molar-refractivity contribution >= 4 is 5.91 Å². The molecular formula is C11H22N2O. The number of nitrogens with one attached hydrogen (secondary N) is 1. The maximum absolute atomic E-state index is 11.3. The van der Waals surface area contributed by atoms with Crippen molar-refractivity contribution in [2.45, 2.75) is 39.0 Å². The van der Waals surface area contributed by atoms with Crippen LogP contribution in [0.1, 0.15) is 39.0 Å². The van der Waals surface area contributed by atoms with Crippen LogP contribution in [0, 0.1) is 0 Å². The molecule has 82 valence electrons. The molecule has 0 aromatic heterocycles. The van der Waals surface area contributed by atoms with Crippen molar-refractivity contribution in [2.75, 3.05) is 26.2 Å². The molecule has 0 aromatic rings. The molecule has 3 heteroatoms. The molecule has 1 aliphatic heterocycles. The fourth-order valence-corrected chi connectivity index (χ4v) is 1.80. The third-order valence-electron chi connectivity index (χ3n) is 2.68. The van der Waals surface area contributed by atoms with Crippen LogP contribution in [0.3, 0.4) is 0 Å². The summed E-state index contributed by atoms with van der Waals surface area (Å²) in [5.41, 5.74) is 0. The Bertz CT molecular complexity index is 165. The molecule has 0 radical (unpaired) electrons. The minimum absolute atomic E-state index is 0.206. The number of hydrogen-bond donors (Lipinski definition) is 1. The van der Waals surface area contributed by atoms with E-state index in [9.17, 15) is 4.79 Å². The highest BCUT2D eigenvalue weighted by molar-refractivity contribution is 5.75. The molecule has 1 aliphatic rings. The smallest absolute Gasteiger partial charge is 0.221 e. The Labute approximate surface area is 86.9 Å². The SMILES string of the molecule is CCCNC(=O)CCN1CCCCC1. The zero-order chi connectivity index (χ0) is 10.2. The Kier molecular flexibility index (Phi) is 5.60. The van der Waals surface area contributed by atoms with Crippen molar-refractivity contribution in [3.63, 3.8) is 0 Å². The van der Waals surface area contributed by atoms with Gasteiger partial charge in [0.1, 0.15) is 0 Å². The average Bonchev–Trinajstić information content (AvgIpc) is 2.25. The summed E-state index contributed by atoms with van der Waals surface area (Å²) in [5.74, 6) is 0.206. The summed E-state index contributed by atoms with van der Waals surface area (Å²) in [7, 11) is 0. The maximum atomic E-state index is 11.3. The van der Waals surface area contributed by atoms with Gasteiger partial charge in [0.25, 0.3) is 0 Å². The number of hydrogen-bond acceptors (Lipinski definition) is 2. The molecule has 0 atom stereocenters. The first-order chi connectivity index (χ1) is 6.83. The van der Waals surface area contributed by atoms with E-state index in [0.717, 1.165) is 19.5 Å². The van der Waals surface area contributed by atoms with Crippen molar-refractivity contribution < 1.29 is 4.79 Å². The van der Waals surface area contributed by atoms with E-state index in [1.54, 1.807) is 0 Å². The largest absolute Gasteiger partial charge is 0.356 e. The lowest BCUT2D eigenvalue weighted by Crippen LogP contribution is -2.34. The Morgan fingerprint density at radius 2 is 2.00 bits per heavy atom. The molecule has 0 aromatic carbocycles. The molecule has 3 nitrogen and oxygen atoms in total. The molecule has 1 saturated heterocycles. The highest BCUT2D eigenvalue weighted by Crippen LogP contribution is 2.08. The molecule has 0 spiro atoms. The van der Waals surface area contributed by atoms with Gasteiger partial charge in [-0.05, 0) is 32.4 Å². The van der Waals surface area contributed by atoms with Crippen LogP contribution in [0.25, 0.3) is 0 Å². The van der Waals surface area contributed by atoms with Gasteiger partial charge in [-0.3, -0.25) is 4.79 Å². The summed E-state index contributed by atoms with van der Waals surface area (Å²) in [5, 5.41) is 2.91. The van der Waals surface area contributed by atoms with Gasteiger partial charge in [-0.1, -0.05) is 13.3 Å². The van der Waals surface area contributed by atoms with Crippen molar-refractivity contribution in [1.29, 1.82) is 0 Å². The van der Waals surface area contributed by atoms with Crippen LogP contribution >= 0.6 is 0 Å². The minimum Gasteiger partial charge on any atom is -0.356 e. The van der Waals surface area contributed by atoms with E-state index < -0.39 is 0 Å². The highest BCUT2D eigenvalue weighted by Gasteiger charge is 2.10. The lowest BCUT2D eigenvalue weighted by molar-refractivity contribution is -0.121. The molecule has 0 aliphatic carbocycles. The van der Waals surface area contributed by atoms with Gasteiger partial charge in [0.05, 0.1) is 0 Å². The number of rotatable bonds is 5. The molecule has 1 amide bonds. The third-order valence-corrected chi connectivity index (χ3v) is 2.68. The highest BCUT2D eigenvalue weighted by atomic mass is 16.1. The van der Waals surface area contributed by atoms with E-state index in [-0.39, 0.29) is 5.91 Å². The van der Waals surface area contributed by atoms with Crippen LogP contribution in [-0.2, 0) is 4.79 Å². The lowest BCUT2D eigenvalue weighted by atomic mass is 10.1. The fourth-order valence-electron chi connectivity index (χ4n) is 1.80. The van der Waals surface area contributed by atoms with E-state index >= 15 is 0 Å². The van der Waals surface area contributed by atoms with Crippen LogP contribution < -0.4 is 5.32 Å². The summed E-state index contributed by atoms with van der Waals surface area (Å²) in [6, 6.07) is 0. The maximum Gasteiger partial charge on any atom is 0.221 e. The number of piperidine rings is 1. The molecule has 1 heterocycles. The Morgan fingerprint density at radius 3 is 2.64 bits per heavy atom. The molecule has 0 saturated carbocycles. The predicted octanol–water partition coefficient (Wildman–Crippen LogP) is 1.39. The Balaban J connectivity index is 2.03. The molecule has 14 heavy (non-hydrogen) atoms. The Morgan fingerprint density at radius 1 is 1.29 bits per heavy atom. The lowest BCUT2D eigenvalue weighted by Gasteiger charge is -2.25. The fraction of sp³-hybridized carbons (Fsp3) is 0.909. The monoisotopic (exact) mass is 198 g/mol. The number of amides is 1. The van der Waals surface area contributed by atoms with Crippen LogP contribution in [0.2, 0.25) is 0 Å². The first-order valence-corrected chi connectivity index (χ1v) is 5.82. The zero-order valence-corrected chi connectivity index (χ0v) is 9.22. The van der Waals surface area contributed by atoms with Crippen molar-refractivity contribution in [1.82, 2.24) is 10.2 Å². The molecule has 0 unspecified atom stereocenters. The number of carbonyl (C=O) groups excluding carboxylic acids is 1. The van der Waals surface area contributed by atoms with Crippen molar-refractivity contribution in [2.24, 2.45) is 0 Å². The normalized spacial score (nSPS) is 18.1. The first kappa shape index (κ1) is 11.5. The summed E-state index contributed by atoms with van der Waals surface area (Å²) in [6.45, 7) is 6.20. The second-order valence-corrected chi connectivity index (χ2v) is 4.00. The quantitative estimate of drug-likeness (QED) is 0.724. The van der Waals surface area contributed by atoms with Gasteiger partial charge >= 0.3 is 0 Å². The van der Waals surface area contributed by atoms with Gasteiger partial charge in [-0.15, -0.1) is 0 Å². The first-order valence-electron chi connectivity index (χ1n) is 5.82. The van der Waals surface area contributed by atoms with Gasteiger partial charge in [0.15, 0.2) is 0 Å². The topological polar surface area (TPSA) is 32.3 Å². The molecule has 1 fully saturated rings. The number of carbonyl (C=O) groups is 1. The average molecular weight is 198 g/mol. The standard InChI is InChI=1S/C11H22N2O/c1-2-7-12-11(14)6-10-13-8-4-3-5-9-13/h2-10H2,1H3,(H,12,14). The second kappa shape index (κ2) is 6.82. The van der Waals surface area contributed by atoms with E-state index in [1.165, 1.54) is 32.4 Å². The molecule has 1 N–H and O–H groups in total. The Hall–Kier alpha value is -0.570. The van der Waals surface area contributed by atoms with Crippen LogP contribution in [0.5, 0.6) is 0 Å². The molecule has 1 rings (SSSR count). The summed E-state index contributed by atoms with van der Waals surface area (Å²) >= 11 is 0. The summed E-state index contributed by atoms with van der Waals surface area (Å²) in [4.78, 5) is 13.7. The molecular weight excluding hydrogens is 176 g/mol. The van der Waals surface area contributed by atoms with E-state index in [4.69, 9.17) is 0 Å². The van der Waals surface area contributed by atoms with E-state index in [1.807, 2.05) is 0 Å². The molecule has 0 bridgehead atoms. The van der Waals surface area contributed by atoms with Crippen molar-refractivity contribution in [3.05, 3.63) is 0 Å². The van der Waals surface area contributed by atoms with Gasteiger partial charge in [0, 0.05) is 19.5 Å². The predicted molar refractivity (Wildman–Crippen MR) is 58.2 cm³/mol. The van der Waals surface area contributed by atoms with Gasteiger partial charge in [-0.2, -0.15) is 0 Å². The van der Waals surface area contributed by atoms with Crippen molar-refractivity contribution in [3.8, 4) is 0 Å². The van der Waals surface area contributed by atoms with Crippen LogP contribution in [-0.4, -0.2) is 37.0 Å². The third kappa shape index (κ3) is 4.61. The number of likely N-dealkylation sites (tertiary alicyclic amines) is 1. The van der Waals surface area contributed by atoms with Gasteiger partial charge in [0.2, 0.25) is 5.91 Å². The van der Waals surface area contributed by atoms with Gasteiger partial charge < -0.3 is 10.2 Å². The van der Waals surface area contributed by atoms with Gasteiger partial charge in [-0.25, -0.2) is 0 Å². The summed E-state index contributed by atoms with van der Waals surface area (Å²) in [6.07, 6.45) is 5.65. The number of nitrogens with zero attached hydrogens (tertiary/aromatic N) is 1.